The first kappa shape index (κ1) is 20.8. The number of ether oxygens (including phenoxy) is 1. The highest BCUT2D eigenvalue weighted by atomic mass is 16.6. The summed E-state index contributed by atoms with van der Waals surface area (Å²) < 4.78 is 6.40. The van der Waals surface area contributed by atoms with Crippen LogP contribution in [0.1, 0.15) is 29.4 Å². The van der Waals surface area contributed by atoms with Crippen molar-refractivity contribution in [3.8, 4) is 0 Å². The van der Waals surface area contributed by atoms with Gasteiger partial charge < -0.3 is 30.0 Å². The van der Waals surface area contributed by atoms with Gasteiger partial charge in [-0.2, -0.15) is 4.57 Å². The summed E-state index contributed by atoms with van der Waals surface area (Å²) in [5, 5.41) is 44.6. The van der Waals surface area contributed by atoms with Gasteiger partial charge in [0.15, 0.2) is 24.3 Å². The van der Waals surface area contributed by atoms with Crippen LogP contribution in [-0.2, 0) is 9.53 Å². The Balaban J connectivity index is 2.14. The third kappa shape index (κ3) is 4.83. The van der Waals surface area contributed by atoms with Crippen molar-refractivity contribution in [2.45, 2.75) is 43.5 Å². The molecule has 1 aromatic heterocycles. The van der Waals surface area contributed by atoms with Crippen molar-refractivity contribution in [3.05, 3.63) is 35.0 Å². The molecule has 11 heteroatoms. The van der Waals surface area contributed by atoms with E-state index in [-0.39, 0.29) is 17.8 Å². The lowest BCUT2D eigenvalue weighted by atomic mass is 9.97. The Bertz CT molecular complexity index is 700. The molecule has 11 nitrogen and oxygen atoms in total. The van der Waals surface area contributed by atoms with Crippen LogP contribution in [0, 0.1) is 4.91 Å². The van der Waals surface area contributed by atoms with Crippen molar-refractivity contribution < 1.29 is 39.3 Å². The number of carboxylic acids is 1. The fourth-order valence-corrected chi connectivity index (χ4v) is 2.77. The van der Waals surface area contributed by atoms with Gasteiger partial charge in [-0.3, -0.25) is 9.80 Å². The van der Waals surface area contributed by atoms with Gasteiger partial charge in [-0.1, -0.05) is 0 Å². The zero-order valence-electron chi connectivity index (χ0n) is 14.5. The van der Waals surface area contributed by atoms with E-state index in [1.807, 2.05) is 0 Å². The third-order valence-electron chi connectivity index (χ3n) is 4.28. The summed E-state index contributed by atoms with van der Waals surface area (Å²) in [7, 11) is 1.49. The molecule has 1 aliphatic rings. The van der Waals surface area contributed by atoms with Gasteiger partial charge in [-0.15, -0.1) is 4.91 Å². The Hall–Kier alpha value is -2.47. The molecular formula is C16H21N3O8. The quantitative estimate of drug-likeness (QED) is 0.187. The van der Waals surface area contributed by atoms with E-state index >= 15 is 0 Å². The molecule has 2 heterocycles. The average Bonchev–Trinajstić information content (AvgIpc) is 2.65. The monoisotopic (exact) mass is 383 g/mol. The number of ketones is 1. The predicted molar refractivity (Wildman–Crippen MR) is 85.6 cm³/mol. The van der Waals surface area contributed by atoms with E-state index in [0.29, 0.717) is 13.0 Å². The van der Waals surface area contributed by atoms with Crippen LogP contribution in [0.25, 0.3) is 0 Å². The molecular weight excluding hydrogens is 362 g/mol. The minimum Gasteiger partial charge on any atom is -0.547 e. The zero-order chi connectivity index (χ0) is 20.1. The number of rotatable bonds is 8. The van der Waals surface area contributed by atoms with Crippen molar-refractivity contribution >= 4 is 11.8 Å². The fraction of sp³-hybridized carbons (Fsp3) is 0.562. The number of nitroso groups, excluding NO2 is 1. The molecule has 0 aromatic carbocycles. The number of carbonyl (C=O) groups is 2. The Labute approximate surface area is 154 Å². The maximum absolute atomic E-state index is 12.3. The molecule has 2 unspecified atom stereocenters. The van der Waals surface area contributed by atoms with Crippen molar-refractivity contribution in [2.24, 2.45) is 5.29 Å². The summed E-state index contributed by atoms with van der Waals surface area (Å²) in [6.07, 6.45) is -5.13. The molecule has 0 spiro atoms. The molecule has 2 rings (SSSR count). The van der Waals surface area contributed by atoms with E-state index in [2.05, 4.69) is 5.29 Å². The number of Topliss-reactive ketones (excluding diaryl/α,β-unsaturated/α-hetero) is 1. The lowest BCUT2D eigenvalue weighted by Crippen LogP contribution is -2.65. The lowest BCUT2D eigenvalue weighted by Gasteiger charge is -2.37. The van der Waals surface area contributed by atoms with Gasteiger partial charge >= 0.3 is 0 Å². The van der Waals surface area contributed by atoms with Crippen molar-refractivity contribution in [1.82, 2.24) is 5.01 Å². The van der Waals surface area contributed by atoms with Crippen LogP contribution >= 0.6 is 0 Å². The first-order valence-corrected chi connectivity index (χ1v) is 8.25. The second kappa shape index (κ2) is 8.95. The number of hydrogen-bond acceptors (Lipinski definition) is 9. The minimum absolute atomic E-state index is 0.140. The highest BCUT2D eigenvalue weighted by Gasteiger charge is 2.48. The number of aliphatic hydroxyl groups excluding tert-OH is 3. The normalized spacial score (nSPS) is 27.8. The molecule has 5 atom stereocenters. The van der Waals surface area contributed by atoms with Crippen LogP contribution in [0.15, 0.2) is 29.8 Å². The molecule has 0 saturated carbocycles. The van der Waals surface area contributed by atoms with Crippen molar-refractivity contribution in [3.63, 3.8) is 0 Å². The molecule has 0 radical (unpaired) electrons. The molecule has 0 aliphatic carbocycles. The van der Waals surface area contributed by atoms with E-state index in [1.165, 1.54) is 36.1 Å². The number of pyridine rings is 1. The number of carboxylic acid groups (broad SMARTS) is 1. The summed E-state index contributed by atoms with van der Waals surface area (Å²) in [4.78, 5) is 33.7. The molecule has 3 N–H and O–H groups in total. The summed E-state index contributed by atoms with van der Waals surface area (Å²) in [5.41, 5.74) is 0.264. The number of aromatic nitrogens is 1. The Morgan fingerprint density at radius 2 is 2.00 bits per heavy atom. The maximum atomic E-state index is 12.3. The SMILES string of the molecule is CN(CCCC(=O)c1ccc[n+]([C@@H]2OC(C(=O)[O-])[C@@H](O)C(O)[C@@H]2O)c1)N=O. The largest absolute Gasteiger partial charge is 0.547 e. The topological polar surface area (TPSA) is 164 Å². The second-order valence-corrected chi connectivity index (χ2v) is 6.27. The molecule has 1 aromatic rings. The van der Waals surface area contributed by atoms with Crippen LogP contribution in [0.5, 0.6) is 0 Å². The first-order chi connectivity index (χ1) is 12.8. The highest BCUT2D eigenvalue weighted by molar-refractivity contribution is 5.95. The summed E-state index contributed by atoms with van der Waals surface area (Å²) in [6, 6.07) is 3.02. The van der Waals surface area contributed by atoms with Crippen molar-refractivity contribution in [1.29, 1.82) is 0 Å². The summed E-state index contributed by atoms with van der Waals surface area (Å²) in [6.45, 7) is 0.309. The highest BCUT2D eigenvalue weighted by Crippen LogP contribution is 2.24. The molecule has 148 valence electrons. The number of carbonyl (C=O) groups excluding carboxylic acids is 2. The number of nitrogens with zero attached hydrogens (tertiary/aromatic N) is 3. The van der Waals surface area contributed by atoms with Gasteiger partial charge in [0, 0.05) is 26.1 Å². The standard InChI is InChI=1S/C16H21N3O8/c1-18(17-26)6-3-5-10(20)9-4-2-7-19(8-9)15-13(23)11(21)12(22)14(27-15)16(24)25/h2,4,7-8,11-15,21-23H,3,5-6H2,1H3/t11?,12-,13-,14?,15+/m0/s1. The zero-order valence-corrected chi connectivity index (χ0v) is 14.5. The van der Waals surface area contributed by atoms with Gasteiger partial charge in [-0.25, -0.2) is 0 Å². The number of aliphatic carboxylic acids is 1. The summed E-state index contributed by atoms with van der Waals surface area (Å²) >= 11 is 0. The minimum atomic E-state index is -1.85. The molecule has 1 saturated heterocycles. The van der Waals surface area contributed by atoms with Crippen LogP contribution in [0.4, 0.5) is 0 Å². The van der Waals surface area contributed by atoms with E-state index in [1.54, 1.807) is 0 Å². The van der Waals surface area contributed by atoms with Gasteiger partial charge in [0.1, 0.15) is 18.3 Å². The predicted octanol–water partition coefficient (Wildman–Crippen LogP) is -2.72. The Morgan fingerprint density at radius 3 is 2.63 bits per heavy atom. The Morgan fingerprint density at radius 1 is 1.30 bits per heavy atom. The molecule has 0 amide bonds. The van der Waals surface area contributed by atoms with Crippen molar-refractivity contribution in [2.75, 3.05) is 13.6 Å². The van der Waals surface area contributed by atoms with Gasteiger partial charge in [0.05, 0.1) is 16.8 Å². The maximum Gasteiger partial charge on any atom is 0.292 e. The Kier molecular flexibility index (Phi) is 6.91. The first-order valence-electron chi connectivity index (χ1n) is 8.25. The van der Waals surface area contributed by atoms with Crippen LogP contribution in [-0.4, -0.2) is 70.1 Å². The van der Waals surface area contributed by atoms with E-state index < -0.39 is 36.6 Å². The van der Waals surface area contributed by atoms with E-state index in [9.17, 15) is 34.9 Å². The molecule has 1 fully saturated rings. The molecule has 0 bridgehead atoms. The van der Waals surface area contributed by atoms with Gasteiger partial charge in [0.25, 0.3) is 6.23 Å². The van der Waals surface area contributed by atoms with Crippen LogP contribution in [0.2, 0.25) is 0 Å². The van der Waals surface area contributed by atoms with Crippen LogP contribution < -0.4 is 9.67 Å². The second-order valence-electron chi connectivity index (χ2n) is 6.27. The fourth-order valence-electron chi connectivity index (χ4n) is 2.77. The van der Waals surface area contributed by atoms with E-state index in [4.69, 9.17) is 4.74 Å². The smallest absolute Gasteiger partial charge is 0.292 e. The average molecular weight is 383 g/mol. The number of aliphatic hydroxyl groups is 3. The third-order valence-corrected chi connectivity index (χ3v) is 4.28. The van der Waals surface area contributed by atoms with Gasteiger partial charge in [0.2, 0.25) is 0 Å². The lowest BCUT2D eigenvalue weighted by molar-refractivity contribution is -0.777. The molecule has 1 aliphatic heterocycles. The molecule has 27 heavy (non-hydrogen) atoms. The number of hydrogen-bond donors (Lipinski definition) is 3. The van der Waals surface area contributed by atoms with Gasteiger partial charge in [-0.05, 0) is 12.5 Å². The van der Waals surface area contributed by atoms with E-state index in [0.717, 1.165) is 5.01 Å². The summed E-state index contributed by atoms with van der Waals surface area (Å²) in [5.74, 6) is -1.98. The van der Waals surface area contributed by atoms with Crippen LogP contribution in [0.3, 0.4) is 0 Å².